The second kappa shape index (κ2) is 6.61. The van der Waals surface area contributed by atoms with Gasteiger partial charge in [0.2, 0.25) is 0 Å². The number of hydrogen-bond donors (Lipinski definition) is 2. The largest absolute Gasteiger partial charge is 0.478 e. The molecule has 1 saturated heterocycles. The van der Waals surface area contributed by atoms with Crippen LogP contribution in [0.25, 0.3) is 0 Å². The molecular formula is C16H22N2O3. The highest BCUT2D eigenvalue weighted by Gasteiger charge is 2.25. The molecule has 0 aromatic heterocycles. The van der Waals surface area contributed by atoms with Crippen LogP contribution in [0.4, 0.5) is 10.5 Å². The van der Waals surface area contributed by atoms with E-state index in [4.69, 9.17) is 5.11 Å². The van der Waals surface area contributed by atoms with Crippen molar-refractivity contribution < 1.29 is 14.7 Å². The Kier molecular flexibility index (Phi) is 4.83. The van der Waals surface area contributed by atoms with Crippen LogP contribution in [0.1, 0.15) is 37.0 Å². The quantitative estimate of drug-likeness (QED) is 0.897. The number of nitrogens with one attached hydrogen (secondary N) is 1. The summed E-state index contributed by atoms with van der Waals surface area (Å²) in [7, 11) is 0. The Morgan fingerprint density at radius 3 is 2.43 bits per heavy atom. The Balaban J connectivity index is 1.98. The molecule has 5 nitrogen and oxygen atoms in total. The number of benzene rings is 1. The molecule has 0 radical (unpaired) electrons. The number of carboxylic acid groups (broad SMARTS) is 1. The van der Waals surface area contributed by atoms with Crippen LogP contribution in [0.15, 0.2) is 24.3 Å². The van der Waals surface area contributed by atoms with Gasteiger partial charge in [-0.15, -0.1) is 0 Å². The molecule has 2 amide bonds. The molecule has 1 aliphatic heterocycles. The summed E-state index contributed by atoms with van der Waals surface area (Å²) >= 11 is 0. The fourth-order valence-electron chi connectivity index (χ4n) is 2.74. The summed E-state index contributed by atoms with van der Waals surface area (Å²) in [4.78, 5) is 25.1. The lowest BCUT2D eigenvalue weighted by Gasteiger charge is -2.33. The minimum absolute atomic E-state index is 0.114. The van der Waals surface area contributed by atoms with E-state index in [1.807, 2.05) is 0 Å². The van der Waals surface area contributed by atoms with Gasteiger partial charge in [0, 0.05) is 13.1 Å². The van der Waals surface area contributed by atoms with Gasteiger partial charge in [0.1, 0.15) is 0 Å². The van der Waals surface area contributed by atoms with E-state index in [1.54, 1.807) is 23.1 Å². The van der Waals surface area contributed by atoms with E-state index >= 15 is 0 Å². The van der Waals surface area contributed by atoms with E-state index in [0.717, 1.165) is 25.9 Å². The van der Waals surface area contributed by atoms with Crippen molar-refractivity contribution in [3.8, 4) is 0 Å². The lowest BCUT2D eigenvalue weighted by molar-refractivity contribution is 0.0698. The zero-order valence-corrected chi connectivity index (χ0v) is 12.5. The highest BCUT2D eigenvalue weighted by molar-refractivity contribution is 5.99. The van der Waals surface area contributed by atoms with Gasteiger partial charge in [-0.25, -0.2) is 9.59 Å². The number of piperidine rings is 1. The van der Waals surface area contributed by atoms with Gasteiger partial charge in [0.05, 0.1) is 11.3 Å². The van der Waals surface area contributed by atoms with Crippen LogP contribution >= 0.6 is 0 Å². The van der Waals surface area contributed by atoms with Crippen LogP contribution in [0.2, 0.25) is 0 Å². The van der Waals surface area contributed by atoms with E-state index in [9.17, 15) is 9.59 Å². The Hall–Kier alpha value is -2.04. The molecule has 1 aliphatic rings. The normalized spacial score (nSPS) is 16.0. The van der Waals surface area contributed by atoms with Gasteiger partial charge in [-0.3, -0.25) is 0 Å². The van der Waals surface area contributed by atoms with Crippen LogP contribution in [-0.2, 0) is 0 Å². The summed E-state index contributed by atoms with van der Waals surface area (Å²) in [5.41, 5.74) is 0.462. The Morgan fingerprint density at radius 2 is 1.86 bits per heavy atom. The number of carbonyl (C=O) groups is 2. The number of carboxylic acids is 1. The van der Waals surface area contributed by atoms with Gasteiger partial charge in [0.15, 0.2) is 0 Å². The Morgan fingerprint density at radius 1 is 1.24 bits per heavy atom. The van der Waals surface area contributed by atoms with Gasteiger partial charge in [-0.2, -0.15) is 0 Å². The number of anilines is 1. The standard InChI is InChI=1S/C16H22N2O3/c1-11(2)12-7-9-18(10-8-12)16(21)17-14-6-4-3-5-13(14)15(19)20/h3-6,11-12H,7-10H2,1-2H3,(H,17,21)(H,19,20). The summed E-state index contributed by atoms with van der Waals surface area (Å²) in [5, 5.41) is 11.8. The Labute approximate surface area is 125 Å². The molecule has 2 rings (SSSR count). The summed E-state index contributed by atoms with van der Waals surface area (Å²) in [6, 6.07) is 6.25. The summed E-state index contributed by atoms with van der Waals surface area (Å²) in [6.45, 7) is 5.88. The minimum atomic E-state index is -1.04. The van der Waals surface area contributed by atoms with Crippen molar-refractivity contribution in [3.05, 3.63) is 29.8 Å². The highest BCUT2D eigenvalue weighted by atomic mass is 16.4. The smallest absolute Gasteiger partial charge is 0.337 e. The van der Waals surface area contributed by atoms with Gasteiger partial charge >= 0.3 is 12.0 Å². The number of likely N-dealkylation sites (tertiary alicyclic amines) is 1. The molecule has 1 aromatic carbocycles. The molecule has 0 saturated carbocycles. The van der Waals surface area contributed by atoms with E-state index in [2.05, 4.69) is 19.2 Å². The first-order chi connectivity index (χ1) is 9.99. The average Bonchev–Trinajstić information content (AvgIpc) is 2.47. The second-order valence-corrected chi connectivity index (χ2v) is 5.85. The zero-order chi connectivity index (χ0) is 15.4. The topological polar surface area (TPSA) is 69.6 Å². The van der Waals surface area contributed by atoms with Crippen LogP contribution in [0.3, 0.4) is 0 Å². The van der Waals surface area contributed by atoms with Crippen LogP contribution in [-0.4, -0.2) is 35.1 Å². The molecule has 2 N–H and O–H groups in total. The molecule has 21 heavy (non-hydrogen) atoms. The molecule has 0 aliphatic carbocycles. The maximum atomic E-state index is 12.2. The SMILES string of the molecule is CC(C)C1CCN(C(=O)Nc2ccccc2C(=O)O)CC1. The minimum Gasteiger partial charge on any atom is -0.478 e. The average molecular weight is 290 g/mol. The molecule has 0 atom stereocenters. The predicted molar refractivity (Wildman–Crippen MR) is 81.6 cm³/mol. The van der Waals surface area contributed by atoms with Crippen molar-refractivity contribution in [2.45, 2.75) is 26.7 Å². The van der Waals surface area contributed by atoms with Crippen molar-refractivity contribution in [2.75, 3.05) is 18.4 Å². The van der Waals surface area contributed by atoms with Crippen LogP contribution in [0.5, 0.6) is 0 Å². The van der Waals surface area contributed by atoms with Crippen molar-refractivity contribution in [2.24, 2.45) is 11.8 Å². The number of amides is 2. The lowest BCUT2D eigenvalue weighted by Crippen LogP contribution is -2.42. The van der Waals surface area contributed by atoms with Crippen molar-refractivity contribution >= 4 is 17.7 Å². The molecular weight excluding hydrogens is 268 g/mol. The molecule has 1 heterocycles. The molecule has 1 fully saturated rings. The molecule has 1 aromatic rings. The van der Waals surface area contributed by atoms with Crippen molar-refractivity contribution in [1.29, 1.82) is 0 Å². The monoisotopic (exact) mass is 290 g/mol. The zero-order valence-electron chi connectivity index (χ0n) is 12.5. The first kappa shape index (κ1) is 15.4. The third-order valence-electron chi connectivity index (χ3n) is 4.17. The van der Waals surface area contributed by atoms with Gasteiger partial charge in [0.25, 0.3) is 0 Å². The number of para-hydroxylation sites is 1. The summed E-state index contributed by atoms with van der Waals surface area (Å²) < 4.78 is 0. The van der Waals surface area contributed by atoms with Gasteiger partial charge in [-0.05, 0) is 36.8 Å². The van der Waals surface area contributed by atoms with E-state index in [-0.39, 0.29) is 11.6 Å². The van der Waals surface area contributed by atoms with Gasteiger partial charge < -0.3 is 15.3 Å². The number of rotatable bonds is 3. The maximum absolute atomic E-state index is 12.2. The first-order valence-electron chi connectivity index (χ1n) is 7.37. The maximum Gasteiger partial charge on any atom is 0.337 e. The van der Waals surface area contributed by atoms with Crippen LogP contribution in [0, 0.1) is 11.8 Å². The fourth-order valence-corrected chi connectivity index (χ4v) is 2.74. The van der Waals surface area contributed by atoms with Gasteiger partial charge in [-0.1, -0.05) is 26.0 Å². The molecule has 0 unspecified atom stereocenters. The van der Waals surface area contributed by atoms with Crippen molar-refractivity contribution in [3.63, 3.8) is 0 Å². The molecule has 0 bridgehead atoms. The summed E-state index contributed by atoms with van der Waals surface area (Å²) in [5.74, 6) is 0.271. The molecule has 114 valence electrons. The lowest BCUT2D eigenvalue weighted by atomic mass is 9.87. The Bertz CT molecular complexity index is 520. The highest BCUT2D eigenvalue weighted by Crippen LogP contribution is 2.25. The number of aromatic carboxylic acids is 1. The third-order valence-corrected chi connectivity index (χ3v) is 4.17. The summed E-state index contributed by atoms with van der Waals surface area (Å²) in [6.07, 6.45) is 2.01. The second-order valence-electron chi connectivity index (χ2n) is 5.85. The fraction of sp³-hybridized carbons (Fsp3) is 0.500. The van der Waals surface area contributed by atoms with Crippen LogP contribution < -0.4 is 5.32 Å². The van der Waals surface area contributed by atoms with E-state index in [1.165, 1.54) is 6.07 Å². The number of carbonyl (C=O) groups excluding carboxylic acids is 1. The molecule has 0 spiro atoms. The van der Waals surface area contributed by atoms with Crippen molar-refractivity contribution in [1.82, 2.24) is 4.90 Å². The predicted octanol–water partition coefficient (Wildman–Crippen LogP) is 3.28. The van der Waals surface area contributed by atoms with E-state index in [0.29, 0.717) is 17.5 Å². The molecule has 5 heteroatoms. The third kappa shape index (κ3) is 3.74. The number of nitrogens with zero attached hydrogens (tertiary/aromatic N) is 1. The number of urea groups is 1. The number of hydrogen-bond acceptors (Lipinski definition) is 2. The first-order valence-corrected chi connectivity index (χ1v) is 7.37. The van der Waals surface area contributed by atoms with E-state index < -0.39 is 5.97 Å².